The molecule has 2 heterocycles. The molecule has 2 aromatic heterocycles. The van der Waals surface area contributed by atoms with E-state index in [9.17, 15) is 4.79 Å². The summed E-state index contributed by atoms with van der Waals surface area (Å²) in [4.78, 5) is 23.8. The quantitative estimate of drug-likeness (QED) is 0.545. The van der Waals surface area contributed by atoms with Crippen molar-refractivity contribution >= 4 is 17.4 Å². The second-order valence-electron chi connectivity index (χ2n) is 3.71. The number of nitrogens with zero attached hydrogens (tertiary/aromatic N) is 3. The number of nitrogen functional groups attached to an aromatic ring is 1. The Bertz CT molecular complexity index is 587. The first-order chi connectivity index (χ1) is 9.72. The molecule has 8 heteroatoms. The van der Waals surface area contributed by atoms with E-state index in [0.717, 1.165) is 0 Å². The highest BCUT2D eigenvalue weighted by Gasteiger charge is 2.09. The summed E-state index contributed by atoms with van der Waals surface area (Å²) in [5.74, 6) is 5.61. The molecule has 4 N–H and O–H groups in total. The molecule has 0 spiro atoms. The van der Waals surface area contributed by atoms with Crippen LogP contribution in [0.2, 0.25) is 0 Å². The molecule has 20 heavy (non-hydrogen) atoms. The van der Waals surface area contributed by atoms with E-state index in [1.807, 2.05) is 6.92 Å². The molecule has 1 amide bonds. The highest BCUT2D eigenvalue weighted by Crippen LogP contribution is 2.12. The SMILES string of the molecule is CCOc1ccc(NC(=O)c2cncc(NN)n2)cn1. The van der Waals surface area contributed by atoms with E-state index < -0.39 is 5.91 Å². The van der Waals surface area contributed by atoms with Crippen LogP contribution >= 0.6 is 0 Å². The molecule has 8 nitrogen and oxygen atoms in total. The molecule has 0 atom stereocenters. The lowest BCUT2D eigenvalue weighted by Gasteiger charge is -2.06. The minimum atomic E-state index is -0.402. The third-order valence-corrected chi connectivity index (χ3v) is 2.30. The van der Waals surface area contributed by atoms with Crippen molar-refractivity contribution < 1.29 is 9.53 Å². The lowest BCUT2D eigenvalue weighted by atomic mass is 10.3. The van der Waals surface area contributed by atoms with Crippen LogP contribution in [0.4, 0.5) is 11.5 Å². The Kier molecular flexibility index (Phi) is 4.40. The predicted octanol–water partition coefficient (Wildman–Crippen LogP) is 0.808. The molecule has 0 saturated carbocycles. The van der Waals surface area contributed by atoms with Gasteiger partial charge in [-0.15, -0.1) is 0 Å². The molecule has 0 unspecified atom stereocenters. The highest BCUT2D eigenvalue weighted by molar-refractivity contribution is 6.02. The zero-order chi connectivity index (χ0) is 14.4. The van der Waals surface area contributed by atoms with Gasteiger partial charge in [-0.1, -0.05) is 0 Å². The summed E-state index contributed by atoms with van der Waals surface area (Å²) in [5, 5.41) is 2.65. The van der Waals surface area contributed by atoms with Gasteiger partial charge in [-0.2, -0.15) is 0 Å². The first-order valence-electron chi connectivity index (χ1n) is 5.91. The van der Waals surface area contributed by atoms with Gasteiger partial charge in [-0.3, -0.25) is 9.78 Å². The fourth-order valence-electron chi connectivity index (χ4n) is 1.43. The normalized spacial score (nSPS) is 9.90. The summed E-state index contributed by atoms with van der Waals surface area (Å²) in [6.45, 7) is 2.40. The van der Waals surface area contributed by atoms with Crippen LogP contribution in [0.1, 0.15) is 17.4 Å². The molecule has 0 aliphatic heterocycles. The minimum Gasteiger partial charge on any atom is -0.478 e. The first-order valence-corrected chi connectivity index (χ1v) is 5.91. The largest absolute Gasteiger partial charge is 0.478 e. The topological polar surface area (TPSA) is 115 Å². The number of amides is 1. The van der Waals surface area contributed by atoms with Crippen molar-refractivity contribution in [3.63, 3.8) is 0 Å². The Morgan fingerprint density at radius 1 is 1.35 bits per heavy atom. The van der Waals surface area contributed by atoms with Crippen molar-refractivity contribution in [1.29, 1.82) is 0 Å². The van der Waals surface area contributed by atoms with Crippen LogP contribution in [0.5, 0.6) is 5.88 Å². The fourth-order valence-corrected chi connectivity index (χ4v) is 1.43. The van der Waals surface area contributed by atoms with Gasteiger partial charge in [0, 0.05) is 6.07 Å². The molecule has 0 fully saturated rings. The number of nitrogens with one attached hydrogen (secondary N) is 2. The number of rotatable bonds is 5. The Labute approximate surface area is 115 Å². The zero-order valence-corrected chi connectivity index (χ0v) is 10.8. The predicted molar refractivity (Wildman–Crippen MR) is 73.2 cm³/mol. The van der Waals surface area contributed by atoms with Crippen LogP contribution in [0.25, 0.3) is 0 Å². The molecule has 104 valence electrons. The number of nitrogens with two attached hydrogens (primary N) is 1. The Morgan fingerprint density at radius 2 is 2.20 bits per heavy atom. The van der Waals surface area contributed by atoms with Crippen LogP contribution in [-0.2, 0) is 0 Å². The zero-order valence-electron chi connectivity index (χ0n) is 10.8. The average Bonchev–Trinajstić information content (AvgIpc) is 2.49. The van der Waals surface area contributed by atoms with Crippen molar-refractivity contribution in [2.75, 3.05) is 17.3 Å². The molecular formula is C12H14N6O2. The van der Waals surface area contributed by atoms with E-state index in [1.165, 1.54) is 18.6 Å². The second-order valence-corrected chi connectivity index (χ2v) is 3.71. The second kappa shape index (κ2) is 6.43. The van der Waals surface area contributed by atoms with Crippen LogP contribution in [0, 0.1) is 0 Å². The number of carbonyl (C=O) groups is 1. The smallest absolute Gasteiger partial charge is 0.275 e. The molecular weight excluding hydrogens is 260 g/mol. The van der Waals surface area contributed by atoms with Crippen LogP contribution < -0.4 is 21.3 Å². The average molecular weight is 274 g/mol. The van der Waals surface area contributed by atoms with Gasteiger partial charge in [0.25, 0.3) is 5.91 Å². The third-order valence-electron chi connectivity index (χ3n) is 2.30. The van der Waals surface area contributed by atoms with Crippen LogP contribution in [0.15, 0.2) is 30.7 Å². The summed E-state index contributed by atoms with van der Waals surface area (Å²) in [7, 11) is 0. The number of hydrogen-bond donors (Lipinski definition) is 3. The lowest BCUT2D eigenvalue weighted by Crippen LogP contribution is -2.16. The monoisotopic (exact) mass is 274 g/mol. The molecule has 2 aromatic rings. The molecule has 0 aliphatic rings. The van der Waals surface area contributed by atoms with Crippen molar-refractivity contribution in [3.8, 4) is 5.88 Å². The third kappa shape index (κ3) is 3.39. The van der Waals surface area contributed by atoms with Gasteiger partial charge >= 0.3 is 0 Å². The van der Waals surface area contributed by atoms with Gasteiger partial charge in [-0.05, 0) is 13.0 Å². The summed E-state index contributed by atoms with van der Waals surface area (Å²) in [6.07, 6.45) is 4.26. The molecule has 0 radical (unpaired) electrons. The van der Waals surface area contributed by atoms with Crippen molar-refractivity contribution in [2.24, 2.45) is 5.84 Å². The lowest BCUT2D eigenvalue weighted by molar-refractivity contribution is 0.102. The highest BCUT2D eigenvalue weighted by atomic mass is 16.5. The maximum atomic E-state index is 12.0. The number of anilines is 2. The molecule has 0 saturated heterocycles. The van der Waals surface area contributed by atoms with Gasteiger partial charge in [-0.25, -0.2) is 15.8 Å². The number of pyridine rings is 1. The molecule has 2 rings (SSSR count). The number of ether oxygens (including phenoxy) is 1. The Morgan fingerprint density at radius 3 is 2.85 bits per heavy atom. The maximum Gasteiger partial charge on any atom is 0.275 e. The van der Waals surface area contributed by atoms with E-state index in [0.29, 0.717) is 24.0 Å². The van der Waals surface area contributed by atoms with Crippen molar-refractivity contribution in [1.82, 2.24) is 15.0 Å². The Balaban J connectivity index is 2.06. The van der Waals surface area contributed by atoms with Crippen LogP contribution in [0.3, 0.4) is 0 Å². The summed E-state index contributed by atoms with van der Waals surface area (Å²) < 4.78 is 5.21. The Hall–Kier alpha value is -2.74. The fraction of sp³-hybridized carbons (Fsp3) is 0.167. The van der Waals surface area contributed by atoms with Crippen molar-refractivity contribution in [3.05, 3.63) is 36.4 Å². The van der Waals surface area contributed by atoms with Gasteiger partial charge < -0.3 is 15.5 Å². The van der Waals surface area contributed by atoms with E-state index in [2.05, 4.69) is 25.7 Å². The van der Waals surface area contributed by atoms with Gasteiger partial charge in [0.1, 0.15) is 5.69 Å². The van der Waals surface area contributed by atoms with E-state index in [1.54, 1.807) is 12.1 Å². The van der Waals surface area contributed by atoms with E-state index in [-0.39, 0.29) is 5.69 Å². The maximum absolute atomic E-state index is 12.0. The minimum absolute atomic E-state index is 0.148. The van der Waals surface area contributed by atoms with Crippen molar-refractivity contribution in [2.45, 2.75) is 6.92 Å². The van der Waals surface area contributed by atoms with E-state index >= 15 is 0 Å². The number of carbonyl (C=O) groups excluding carboxylic acids is 1. The molecule has 0 bridgehead atoms. The number of aromatic nitrogens is 3. The molecule has 0 aliphatic carbocycles. The number of hydrogen-bond acceptors (Lipinski definition) is 7. The summed E-state index contributed by atoms with van der Waals surface area (Å²) in [6, 6.07) is 3.36. The van der Waals surface area contributed by atoms with Gasteiger partial charge in [0.2, 0.25) is 5.88 Å². The van der Waals surface area contributed by atoms with Gasteiger partial charge in [0.05, 0.1) is 30.9 Å². The summed E-state index contributed by atoms with van der Waals surface area (Å²) >= 11 is 0. The summed E-state index contributed by atoms with van der Waals surface area (Å²) in [5.41, 5.74) is 3.01. The standard InChI is InChI=1S/C12H14N6O2/c1-2-20-11-4-3-8(5-15-11)16-12(19)9-6-14-7-10(17-9)18-13/h3-7H,2,13H2,1H3,(H,16,19)(H,17,18). The number of hydrazine groups is 1. The molecule has 0 aromatic carbocycles. The van der Waals surface area contributed by atoms with Gasteiger partial charge in [0.15, 0.2) is 5.82 Å². The van der Waals surface area contributed by atoms with E-state index in [4.69, 9.17) is 10.6 Å². The van der Waals surface area contributed by atoms with Crippen LogP contribution in [-0.4, -0.2) is 27.5 Å². The first kappa shape index (κ1) is 13.7.